The fourth-order valence-electron chi connectivity index (χ4n) is 3.29. The molecule has 1 aromatic heterocycles. The molecule has 0 bridgehead atoms. The minimum Gasteiger partial charge on any atom is -0.348 e. The number of benzene rings is 2. The van der Waals surface area contributed by atoms with Gasteiger partial charge in [0.25, 0.3) is 0 Å². The van der Waals surface area contributed by atoms with E-state index in [2.05, 4.69) is 105 Å². The highest BCUT2D eigenvalue weighted by Gasteiger charge is 2.20. The fraction of sp³-hybridized carbons (Fsp3) is 0.241. The number of hydrogen-bond donors (Lipinski definition) is 1. The number of hydrogen-bond acceptors (Lipinski definition) is 3. The number of nitrogens with zero attached hydrogens (tertiary/aromatic N) is 2. The molecule has 2 aromatic carbocycles. The molecule has 1 aliphatic heterocycles. The number of amidine groups is 1. The van der Waals surface area contributed by atoms with E-state index in [1.54, 1.807) is 6.20 Å². The Bertz CT molecular complexity index is 1240. The quantitative estimate of drug-likeness (QED) is 0.465. The van der Waals surface area contributed by atoms with E-state index in [1.807, 2.05) is 24.5 Å². The second-order valence-electron chi connectivity index (χ2n) is 8.95. The molecule has 3 nitrogen and oxygen atoms in total. The van der Waals surface area contributed by atoms with Gasteiger partial charge in [-0.2, -0.15) is 0 Å². The van der Waals surface area contributed by atoms with Crippen molar-refractivity contribution in [3.63, 3.8) is 0 Å². The van der Waals surface area contributed by atoms with Crippen LogP contribution in [0.3, 0.4) is 0 Å². The van der Waals surface area contributed by atoms with E-state index in [4.69, 9.17) is 0 Å². The molecular formula is C29H31N3. The van der Waals surface area contributed by atoms with Crippen LogP contribution in [0.1, 0.15) is 43.0 Å². The van der Waals surface area contributed by atoms with Crippen LogP contribution in [0.2, 0.25) is 0 Å². The SMILES string of the molecule is C=CNC1=NCC(C(C)(C)C)=C1.Cc1ccc(C)c(C#Cc2cncc3ccccc23)c1. The molecule has 2 heterocycles. The van der Waals surface area contributed by atoms with Crippen LogP contribution in [0.4, 0.5) is 0 Å². The van der Waals surface area contributed by atoms with E-state index in [0.717, 1.165) is 34.3 Å². The molecule has 32 heavy (non-hydrogen) atoms. The molecule has 1 N–H and O–H groups in total. The topological polar surface area (TPSA) is 37.3 Å². The van der Waals surface area contributed by atoms with Gasteiger partial charge in [0, 0.05) is 28.7 Å². The van der Waals surface area contributed by atoms with E-state index in [9.17, 15) is 0 Å². The number of aliphatic imine (C=N–C) groups is 1. The molecule has 0 fully saturated rings. The molecular weight excluding hydrogens is 390 g/mol. The zero-order chi connectivity index (χ0) is 23.1. The van der Waals surface area contributed by atoms with E-state index >= 15 is 0 Å². The van der Waals surface area contributed by atoms with Crippen LogP contribution in [0.5, 0.6) is 0 Å². The fourth-order valence-corrected chi connectivity index (χ4v) is 3.29. The maximum absolute atomic E-state index is 4.32. The Morgan fingerprint density at radius 1 is 1.00 bits per heavy atom. The lowest BCUT2D eigenvalue weighted by Gasteiger charge is -2.18. The predicted octanol–water partition coefficient (Wildman–Crippen LogP) is 6.36. The number of nitrogens with one attached hydrogen (secondary N) is 1. The first-order valence-electron chi connectivity index (χ1n) is 10.8. The first-order chi connectivity index (χ1) is 15.3. The van der Waals surface area contributed by atoms with Crippen molar-refractivity contribution < 1.29 is 0 Å². The molecule has 3 heteroatoms. The van der Waals surface area contributed by atoms with E-state index in [0.29, 0.717) is 0 Å². The van der Waals surface area contributed by atoms with Crippen LogP contribution < -0.4 is 5.32 Å². The van der Waals surface area contributed by atoms with E-state index in [-0.39, 0.29) is 5.41 Å². The van der Waals surface area contributed by atoms with Gasteiger partial charge in [-0.25, -0.2) is 0 Å². The Morgan fingerprint density at radius 3 is 2.47 bits per heavy atom. The number of aromatic nitrogens is 1. The van der Waals surface area contributed by atoms with Gasteiger partial charge in [-0.1, -0.05) is 75.6 Å². The van der Waals surface area contributed by atoms with Gasteiger partial charge in [-0.05, 0) is 54.3 Å². The number of pyridine rings is 1. The molecule has 3 aromatic rings. The molecule has 0 saturated heterocycles. The van der Waals surface area contributed by atoms with Gasteiger partial charge < -0.3 is 5.32 Å². The lowest BCUT2D eigenvalue weighted by molar-refractivity contribution is 0.499. The van der Waals surface area contributed by atoms with Crippen molar-refractivity contribution in [2.45, 2.75) is 34.6 Å². The standard InChI is InChI=1S/C19H15N.C10H16N2/c1-14-7-8-15(2)16(11-14)9-10-18-13-20-12-17-5-3-4-6-19(17)18;1-5-11-9-6-8(7-12-9)10(2,3)4/h3-8,11-13H,1-2H3;5-6H,1,7H2,2-4H3,(H,11,12). The third kappa shape index (κ3) is 5.95. The summed E-state index contributed by atoms with van der Waals surface area (Å²) in [5.41, 5.74) is 6.09. The second kappa shape index (κ2) is 10.1. The van der Waals surface area contributed by atoms with Gasteiger partial charge in [-0.3, -0.25) is 9.98 Å². The van der Waals surface area contributed by atoms with Gasteiger partial charge in [0.15, 0.2) is 0 Å². The monoisotopic (exact) mass is 421 g/mol. The van der Waals surface area contributed by atoms with Gasteiger partial charge in [0.2, 0.25) is 0 Å². The summed E-state index contributed by atoms with van der Waals surface area (Å²) in [6.07, 6.45) is 7.46. The lowest BCUT2D eigenvalue weighted by atomic mass is 9.87. The highest BCUT2D eigenvalue weighted by molar-refractivity contribution is 5.96. The average molecular weight is 422 g/mol. The second-order valence-corrected chi connectivity index (χ2v) is 8.95. The molecule has 162 valence electrons. The molecule has 0 aliphatic carbocycles. The average Bonchev–Trinajstić information content (AvgIpc) is 3.24. The summed E-state index contributed by atoms with van der Waals surface area (Å²) < 4.78 is 0. The predicted molar refractivity (Wildman–Crippen MR) is 137 cm³/mol. The van der Waals surface area contributed by atoms with Crippen molar-refractivity contribution in [2.75, 3.05) is 6.54 Å². The summed E-state index contributed by atoms with van der Waals surface area (Å²) in [5.74, 6) is 7.46. The largest absolute Gasteiger partial charge is 0.348 e. The van der Waals surface area contributed by atoms with Crippen molar-refractivity contribution in [1.82, 2.24) is 10.3 Å². The maximum atomic E-state index is 4.32. The summed E-state index contributed by atoms with van der Waals surface area (Å²) in [4.78, 5) is 8.58. The van der Waals surface area contributed by atoms with Crippen LogP contribution in [-0.4, -0.2) is 17.4 Å². The van der Waals surface area contributed by atoms with E-state index in [1.165, 1.54) is 16.7 Å². The third-order valence-corrected chi connectivity index (χ3v) is 5.34. The highest BCUT2D eigenvalue weighted by atomic mass is 15.0. The normalized spacial score (nSPS) is 12.7. The molecule has 0 saturated carbocycles. The van der Waals surface area contributed by atoms with Crippen molar-refractivity contribution in [3.05, 3.63) is 102 Å². The van der Waals surface area contributed by atoms with Crippen molar-refractivity contribution in [1.29, 1.82) is 0 Å². The minimum atomic E-state index is 0.230. The van der Waals surface area contributed by atoms with Crippen molar-refractivity contribution >= 4 is 16.6 Å². The Labute approximate surface area is 192 Å². The first kappa shape index (κ1) is 23.0. The Kier molecular flexibility index (Phi) is 7.28. The number of aryl methyl sites for hydroxylation is 2. The summed E-state index contributed by atoms with van der Waals surface area (Å²) in [6, 6.07) is 14.6. The first-order valence-corrected chi connectivity index (χ1v) is 10.8. The summed E-state index contributed by atoms with van der Waals surface area (Å²) >= 11 is 0. The van der Waals surface area contributed by atoms with E-state index < -0.39 is 0 Å². The van der Waals surface area contributed by atoms with Crippen molar-refractivity contribution in [2.24, 2.45) is 10.4 Å². The molecule has 4 rings (SSSR count). The molecule has 0 unspecified atom stereocenters. The molecule has 0 amide bonds. The third-order valence-electron chi connectivity index (χ3n) is 5.34. The van der Waals surface area contributed by atoms with Gasteiger partial charge in [0.1, 0.15) is 5.84 Å². The van der Waals surface area contributed by atoms with Gasteiger partial charge in [-0.15, -0.1) is 0 Å². The Balaban J connectivity index is 0.000000207. The highest BCUT2D eigenvalue weighted by Crippen LogP contribution is 2.27. The smallest absolute Gasteiger partial charge is 0.125 e. The number of rotatable bonds is 1. The zero-order valence-corrected chi connectivity index (χ0v) is 19.7. The minimum absolute atomic E-state index is 0.230. The Morgan fingerprint density at radius 2 is 1.75 bits per heavy atom. The lowest BCUT2D eigenvalue weighted by Crippen LogP contribution is -2.13. The molecule has 0 spiro atoms. The summed E-state index contributed by atoms with van der Waals surface area (Å²) in [6.45, 7) is 15.2. The van der Waals surface area contributed by atoms with Crippen LogP contribution in [0.25, 0.3) is 10.8 Å². The van der Waals surface area contributed by atoms with Crippen molar-refractivity contribution in [3.8, 4) is 11.8 Å². The van der Waals surface area contributed by atoms with Crippen LogP contribution in [-0.2, 0) is 0 Å². The van der Waals surface area contributed by atoms with Crippen LogP contribution in [0, 0.1) is 31.1 Å². The maximum Gasteiger partial charge on any atom is 0.125 e. The van der Waals surface area contributed by atoms with Gasteiger partial charge >= 0.3 is 0 Å². The van der Waals surface area contributed by atoms with Crippen LogP contribution >= 0.6 is 0 Å². The van der Waals surface area contributed by atoms with Crippen LogP contribution in [0.15, 0.2) is 84.3 Å². The number of fused-ring (bicyclic) bond motifs is 1. The summed E-state index contributed by atoms with van der Waals surface area (Å²) in [7, 11) is 0. The summed E-state index contributed by atoms with van der Waals surface area (Å²) in [5, 5.41) is 5.26. The molecule has 0 atom stereocenters. The molecule has 1 aliphatic rings. The van der Waals surface area contributed by atoms with Gasteiger partial charge in [0.05, 0.1) is 12.1 Å². The zero-order valence-electron chi connectivity index (χ0n) is 19.7. The molecule has 0 radical (unpaired) electrons. The Hall–Kier alpha value is -3.64.